The topological polar surface area (TPSA) is 30.9 Å². The standard InChI is InChI=1S/C14H20N4/c1-17-7-9-18(10-8-17)13-4-2-3-12(11-13)14-15-5-6-16-14/h2-4,11H,5-10H2,1H3,(H,15,16). The molecule has 0 bridgehead atoms. The number of likely N-dealkylation sites (N-methyl/N-ethyl adjacent to an activating group) is 1. The predicted molar refractivity (Wildman–Crippen MR) is 75.6 cm³/mol. The lowest BCUT2D eigenvalue weighted by Crippen LogP contribution is -2.44. The summed E-state index contributed by atoms with van der Waals surface area (Å²) in [6.45, 7) is 6.37. The zero-order valence-electron chi connectivity index (χ0n) is 10.9. The maximum atomic E-state index is 4.48. The summed E-state index contributed by atoms with van der Waals surface area (Å²) in [5.41, 5.74) is 2.53. The smallest absolute Gasteiger partial charge is 0.128 e. The van der Waals surface area contributed by atoms with E-state index in [1.54, 1.807) is 0 Å². The number of anilines is 1. The summed E-state index contributed by atoms with van der Waals surface area (Å²) in [6, 6.07) is 8.72. The minimum Gasteiger partial charge on any atom is -0.369 e. The number of rotatable bonds is 2. The Morgan fingerprint density at radius 2 is 2.00 bits per heavy atom. The molecule has 1 aromatic rings. The summed E-state index contributed by atoms with van der Waals surface area (Å²) in [7, 11) is 2.19. The minimum absolute atomic E-state index is 0.897. The van der Waals surface area contributed by atoms with E-state index in [1.165, 1.54) is 11.3 Å². The molecule has 4 nitrogen and oxygen atoms in total. The van der Waals surface area contributed by atoms with Crippen LogP contribution in [0.15, 0.2) is 29.3 Å². The highest BCUT2D eigenvalue weighted by Crippen LogP contribution is 2.18. The lowest BCUT2D eigenvalue weighted by atomic mass is 10.1. The third-order valence-corrected chi connectivity index (χ3v) is 3.66. The van der Waals surface area contributed by atoms with Crippen LogP contribution in [0.2, 0.25) is 0 Å². The Kier molecular flexibility index (Phi) is 3.19. The lowest BCUT2D eigenvalue weighted by molar-refractivity contribution is 0.313. The number of hydrogen-bond acceptors (Lipinski definition) is 4. The first-order valence-corrected chi connectivity index (χ1v) is 6.65. The van der Waals surface area contributed by atoms with Crippen LogP contribution in [0.1, 0.15) is 5.56 Å². The maximum Gasteiger partial charge on any atom is 0.128 e. The predicted octanol–water partition coefficient (Wildman–Crippen LogP) is 0.788. The average Bonchev–Trinajstić information content (AvgIpc) is 2.94. The molecule has 0 aliphatic carbocycles. The van der Waals surface area contributed by atoms with E-state index in [0.717, 1.165) is 45.1 Å². The van der Waals surface area contributed by atoms with Crippen molar-refractivity contribution >= 4 is 11.5 Å². The molecule has 1 fully saturated rings. The quantitative estimate of drug-likeness (QED) is 0.834. The van der Waals surface area contributed by atoms with Crippen molar-refractivity contribution in [3.05, 3.63) is 29.8 Å². The Morgan fingerprint density at radius 1 is 1.17 bits per heavy atom. The Labute approximate surface area is 108 Å². The van der Waals surface area contributed by atoms with Crippen LogP contribution in [0.4, 0.5) is 5.69 Å². The SMILES string of the molecule is CN1CCN(c2cccc(C3=NCCN3)c2)CC1. The second-order valence-electron chi connectivity index (χ2n) is 5.00. The van der Waals surface area contributed by atoms with Crippen LogP contribution in [-0.2, 0) is 0 Å². The van der Waals surface area contributed by atoms with Crippen molar-refractivity contribution in [3.63, 3.8) is 0 Å². The van der Waals surface area contributed by atoms with E-state index in [-0.39, 0.29) is 0 Å². The van der Waals surface area contributed by atoms with Gasteiger partial charge in [-0.25, -0.2) is 0 Å². The van der Waals surface area contributed by atoms with Crippen LogP contribution < -0.4 is 10.2 Å². The first-order chi connectivity index (χ1) is 8.83. The third kappa shape index (κ3) is 2.34. The number of benzene rings is 1. The Hall–Kier alpha value is -1.55. The van der Waals surface area contributed by atoms with Gasteiger partial charge in [0.25, 0.3) is 0 Å². The molecule has 96 valence electrons. The minimum atomic E-state index is 0.897. The molecule has 0 radical (unpaired) electrons. The van der Waals surface area contributed by atoms with Crippen LogP contribution in [0.5, 0.6) is 0 Å². The molecule has 3 rings (SSSR count). The lowest BCUT2D eigenvalue weighted by Gasteiger charge is -2.34. The van der Waals surface area contributed by atoms with E-state index < -0.39 is 0 Å². The van der Waals surface area contributed by atoms with Gasteiger partial charge < -0.3 is 15.1 Å². The number of aliphatic imine (C=N–C) groups is 1. The molecular weight excluding hydrogens is 224 g/mol. The molecule has 0 saturated carbocycles. The monoisotopic (exact) mass is 244 g/mol. The van der Waals surface area contributed by atoms with Crippen molar-refractivity contribution < 1.29 is 0 Å². The summed E-state index contributed by atoms with van der Waals surface area (Å²) >= 11 is 0. The number of piperazine rings is 1. The second kappa shape index (κ2) is 4.98. The molecule has 0 spiro atoms. The maximum absolute atomic E-state index is 4.48. The van der Waals surface area contributed by atoms with Crippen molar-refractivity contribution in [1.29, 1.82) is 0 Å². The summed E-state index contributed by atoms with van der Waals surface area (Å²) in [5.74, 6) is 1.05. The number of nitrogens with one attached hydrogen (secondary N) is 1. The molecule has 1 aromatic carbocycles. The van der Waals surface area contributed by atoms with Crippen LogP contribution in [-0.4, -0.2) is 57.1 Å². The van der Waals surface area contributed by atoms with E-state index in [1.807, 2.05) is 0 Å². The van der Waals surface area contributed by atoms with Gasteiger partial charge in [0, 0.05) is 44.0 Å². The van der Waals surface area contributed by atoms with Gasteiger partial charge in [-0.1, -0.05) is 12.1 Å². The van der Waals surface area contributed by atoms with E-state index in [2.05, 4.69) is 51.4 Å². The Balaban J connectivity index is 1.78. The van der Waals surface area contributed by atoms with Crippen LogP contribution in [0.25, 0.3) is 0 Å². The highest BCUT2D eigenvalue weighted by molar-refractivity contribution is 6.00. The van der Waals surface area contributed by atoms with Gasteiger partial charge in [-0.15, -0.1) is 0 Å². The zero-order valence-corrected chi connectivity index (χ0v) is 10.9. The average molecular weight is 244 g/mol. The molecule has 0 unspecified atom stereocenters. The van der Waals surface area contributed by atoms with Gasteiger partial charge in [0.05, 0.1) is 6.54 Å². The molecule has 0 atom stereocenters. The zero-order chi connectivity index (χ0) is 12.4. The van der Waals surface area contributed by atoms with E-state index in [0.29, 0.717) is 0 Å². The molecule has 2 aliphatic rings. The number of amidine groups is 1. The molecule has 4 heteroatoms. The van der Waals surface area contributed by atoms with Crippen LogP contribution in [0.3, 0.4) is 0 Å². The largest absolute Gasteiger partial charge is 0.369 e. The van der Waals surface area contributed by atoms with Gasteiger partial charge in [0.1, 0.15) is 5.84 Å². The van der Waals surface area contributed by atoms with E-state index in [4.69, 9.17) is 0 Å². The molecule has 0 amide bonds. The van der Waals surface area contributed by atoms with Crippen LogP contribution >= 0.6 is 0 Å². The molecule has 2 aliphatic heterocycles. The van der Waals surface area contributed by atoms with Gasteiger partial charge in [0.15, 0.2) is 0 Å². The molecule has 1 saturated heterocycles. The van der Waals surface area contributed by atoms with Crippen molar-refractivity contribution in [2.24, 2.45) is 4.99 Å². The Morgan fingerprint density at radius 3 is 2.72 bits per heavy atom. The van der Waals surface area contributed by atoms with Crippen molar-refractivity contribution in [2.75, 3.05) is 51.2 Å². The van der Waals surface area contributed by atoms with Gasteiger partial charge in [-0.3, -0.25) is 4.99 Å². The number of hydrogen-bond donors (Lipinski definition) is 1. The fourth-order valence-electron chi connectivity index (χ4n) is 2.51. The fourth-order valence-corrected chi connectivity index (χ4v) is 2.51. The fraction of sp³-hybridized carbons (Fsp3) is 0.500. The highest BCUT2D eigenvalue weighted by atomic mass is 15.2. The first-order valence-electron chi connectivity index (χ1n) is 6.65. The molecular formula is C14H20N4. The normalized spacial score (nSPS) is 20.7. The molecule has 0 aromatic heterocycles. The van der Waals surface area contributed by atoms with Crippen LogP contribution in [0, 0.1) is 0 Å². The summed E-state index contributed by atoms with van der Waals surface area (Å²) in [5, 5.41) is 3.33. The molecule has 2 heterocycles. The summed E-state index contributed by atoms with van der Waals surface area (Å²) in [6.07, 6.45) is 0. The highest BCUT2D eigenvalue weighted by Gasteiger charge is 2.15. The van der Waals surface area contributed by atoms with Crippen molar-refractivity contribution in [2.45, 2.75) is 0 Å². The van der Waals surface area contributed by atoms with Gasteiger partial charge in [0.2, 0.25) is 0 Å². The van der Waals surface area contributed by atoms with E-state index in [9.17, 15) is 0 Å². The first kappa shape index (κ1) is 11.5. The van der Waals surface area contributed by atoms with Gasteiger partial charge in [-0.05, 0) is 19.2 Å². The van der Waals surface area contributed by atoms with E-state index >= 15 is 0 Å². The molecule has 18 heavy (non-hydrogen) atoms. The second-order valence-corrected chi connectivity index (χ2v) is 5.00. The van der Waals surface area contributed by atoms with Crippen molar-refractivity contribution in [3.8, 4) is 0 Å². The van der Waals surface area contributed by atoms with Crippen molar-refractivity contribution in [1.82, 2.24) is 10.2 Å². The van der Waals surface area contributed by atoms with Gasteiger partial charge in [-0.2, -0.15) is 0 Å². The summed E-state index contributed by atoms with van der Waals surface area (Å²) < 4.78 is 0. The number of nitrogens with zero attached hydrogens (tertiary/aromatic N) is 3. The van der Waals surface area contributed by atoms with Gasteiger partial charge >= 0.3 is 0 Å². The third-order valence-electron chi connectivity index (χ3n) is 3.66. The summed E-state index contributed by atoms with van der Waals surface area (Å²) in [4.78, 5) is 9.32. The Bertz CT molecular complexity index is 447. The molecule has 1 N–H and O–H groups in total.